The van der Waals surface area contributed by atoms with Crippen LogP contribution in [0, 0.1) is 11.6 Å². The molecule has 1 aromatic rings. The number of hydrogen-bond donors (Lipinski definition) is 1. The predicted molar refractivity (Wildman–Crippen MR) is 67.1 cm³/mol. The summed E-state index contributed by atoms with van der Waals surface area (Å²) in [4.78, 5) is -0.680. The van der Waals surface area contributed by atoms with Crippen LogP contribution in [-0.2, 0) is 10.0 Å². The van der Waals surface area contributed by atoms with Crippen molar-refractivity contribution in [2.24, 2.45) is 5.73 Å². The summed E-state index contributed by atoms with van der Waals surface area (Å²) in [6.07, 6.45) is 0. The molecule has 0 bridgehead atoms. The van der Waals surface area contributed by atoms with E-state index in [9.17, 15) is 17.2 Å². The van der Waals surface area contributed by atoms with Gasteiger partial charge in [0.25, 0.3) is 0 Å². The van der Waals surface area contributed by atoms with E-state index in [1.807, 2.05) is 0 Å². The molecule has 0 aliphatic carbocycles. The normalized spacial score (nSPS) is 13.2. The highest BCUT2D eigenvalue weighted by Gasteiger charge is 2.28. The molecular formula is C10H15ClF2N2O2S. The molecule has 1 unspecified atom stereocenters. The van der Waals surface area contributed by atoms with Gasteiger partial charge in [-0.3, -0.25) is 0 Å². The standard InChI is InChI=1S/C10H14F2N2O2S.ClH/c1-7(6-13)14(2)17(15,16)9-5-3-4-8(11)10(9)12;/h3-5,7H,6,13H2,1-2H3;1H. The van der Waals surface area contributed by atoms with Crippen LogP contribution in [-0.4, -0.2) is 32.4 Å². The third-order valence-electron chi connectivity index (χ3n) is 2.54. The Kier molecular flexibility index (Phi) is 6.15. The fourth-order valence-electron chi connectivity index (χ4n) is 1.22. The average molecular weight is 301 g/mol. The minimum absolute atomic E-state index is 0. The molecule has 0 aliphatic rings. The Morgan fingerprint density at radius 2 is 1.94 bits per heavy atom. The van der Waals surface area contributed by atoms with Crippen molar-refractivity contribution in [3.63, 3.8) is 0 Å². The van der Waals surface area contributed by atoms with Crippen molar-refractivity contribution in [2.45, 2.75) is 17.9 Å². The first-order valence-corrected chi connectivity index (χ1v) is 6.38. The molecule has 0 saturated heterocycles. The number of hydrogen-bond acceptors (Lipinski definition) is 3. The number of nitrogens with zero attached hydrogens (tertiary/aromatic N) is 1. The first-order valence-electron chi connectivity index (χ1n) is 4.94. The summed E-state index contributed by atoms with van der Waals surface area (Å²) in [5.74, 6) is -2.57. The summed E-state index contributed by atoms with van der Waals surface area (Å²) in [7, 11) is -2.79. The first kappa shape index (κ1) is 17.2. The molecule has 4 nitrogen and oxygen atoms in total. The van der Waals surface area contributed by atoms with Crippen molar-refractivity contribution in [2.75, 3.05) is 13.6 Å². The van der Waals surface area contributed by atoms with E-state index in [-0.39, 0.29) is 19.0 Å². The van der Waals surface area contributed by atoms with Crippen LogP contribution in [0.5, 0.6) is 0 Å². The van der Waals surface area contributed by atoms with E-state index in [4.69, 9.17) is 5.73 Å². The summed E-state index contributed by atoms with van der Waals surface area (Å²) in [5.41, 5.74) is 5.34. The highest BCUT2D eigenvalue weighted by Crippen LogP contribution is 2.21. The molecular weight excluding hydrogens is 286 g/mol. The zero-order chi connectivity index (χ0) is 13.2. The molecule has 0 aliphatic heterocycles. The number of likely N-dealkylation sites (N-methyl/N-ethyl adjacent to an activating group) is 1. The van der Waals surface area contributed by atoms with Crippen LogP contribution < -0.4 is 5.73 Å². The SMILES string of the molecule is CC(CN)N(C)S(=O)(=O)c1cccc(F)c1F.Cl. The van der Waals surface area contributed by atoms with Crippen molar-refractivity contribution in [1.82, 2.24) is 4.31 Å². The van der Waals surface area contributed by atoms with Gasteiger partial charge in [0.2, 0.25) is 10.0 Å². The van der Waals surface area contributed by atoms with Crippen LogP contribution in [0.3, 0.4) is 0 Å². The van der Waals surface area contributed by atoms with Gasteiger partial charge in [-0.1, -0.05) is 6.07 Å². The lowest BCUT2D eigenvalue weighted by atomic mass is 10.3. The highest BCUT2D eigenvalue weighted by molar-refractivity contribution is 7.89. The lowest BCUT2D eigenvalue weighted by Crippen LogP contribution is -2.40. The highest BCUT2D eigenvalue weighted by atomic mass is 35.5. The van der Waals surface area contributed by atoms with Crippen LogP contribution in [0.25, 0.3) is 0 Å². The van der Waals surface area contributed by atoms with Crippen molar-refractivity contribution in [1.29, 1.82) is 0 Å². The number of nitrogens with two attached hydrogens (primary N) is 1. The van der Waals surface area contributed by atoms with Crippen LogP contribution >= 0.6 is 12.4 Å². The summed E-state index contributed by atoms with van der Waals surface area (Å²) in [6, 6.07) is 2.53. The first-order chi connectivity index (χ1) is 7.82. The molecule has 8 heteroatoms. The van der Waals surface area contributed by atoms with Gasteiger partial charge in [0.1, 0.15) is 4.90 Å². The van der Waals surface area contributed by atoms with Gasteiger partial charge in [-0.2, -0.15) is 4.31 Å². The van der Waals surface area contributed by atoms with E-state index in [1.165, 1.54) is 7.05 Å². The summed E-state index contributed by atoms with van der Waals surface area (Å²) in [6.45, 7) is 1.67. The second-order valence-electron chi connectivity index (χ2n) is 3.66. The molecule has 0 radical (unpaired) electrons. The van der Waals surface area contributed by atoms with Gasteiger partial charge in [0.05, 0.1) is 0 Å². The third-order valence-corrected chi connectivity index (χ3v) is 4.52. The van der Waals surface area contributed by atoms with Crippen LogP contribution in [0.15, 0.2) is 23.1 Å². The predicted octanol–water partition coefficient (Wildman–Crippen LogP) is 1.35. The maximum atomic E-state index is 13.4. The number of rotatable bonds is 4. The molecule has 0 spiro atoms. The topological polar surface area (TPSA) is 63.4 Å². The van der Waals surface area contributed by atoms with Crippen molar-refractivity contribution >= 4 is 22.4 Å². The monoisotopic (exact) mass is 300 g/mol. The van der Waals surface area contributed by atoms with E-state index in [0.29, 0.717) is 0 Å². The number of sulfonamides is 1. The zero-order valence-corrected chi connectivity index (χ0v) is 11.6. The van der Waals surface area contributed by atoms with Gasteiger partial charge in [0.15, 0.2) is 11.6 Å². The van der Waals surface area contributed by atoms with Gasteiger partial charge in [0, 0.05) is 19.6 Å². The van der Waals surface area contributed by atoms with Gasteiger partial charge in [-0.05, 0) is 19.1 Å². The van der Waals surface area contributed by atoms with E-state index < -0.39 is 32.6 Å². The fourth-order valence-corrected chi connectivity index (χ4v) is 2.67. The molecule has 104 valence electrons. The van der Waals surface area contributed by atoms with Crippen LogP contribution in [0.1, 0.15) is 6.92 Å². The lowest BCUT2D eigenvalue weighted by molar-refractivity contribution is 0.389. The summed E-state index contributed by atoms with van der Waals surface area (Å²) >= 11 is 0. The van der Waals surface area contributed by atoms with E-state index in [2.05, 4.69) is 0 Å². The molecule has 0 saturated carbocycles. The maximum Gasteiger partial charge on any atom is 0.246 e. The number of benzene rings is 1. The van der Waals surface area contributed by atoms with Gasteiger partial charge >= 0.3 is 0 Å². The van der Waals surface area contributed by atoms with Crippen molar-refractivity contribution in [3.05, 3.63) is 29.8 Å². The minimum Gasteiger partial charge on any atom is -0.329 e. The summed E-state index contributed by atoms with van der Waals surface area (Å²) < 4.78 is 51.2. The Morgan fingerprint density at radius 3 is 2.44 bits per heavy atom. The Bertz CT molecular complexity index is 511. The van der Waals surface area contributed by atoms with Gasteiger partial charge in [-0.15, -0.1) is 12.4 Å². The van der Waals surface area contributed by atoms with Crippen LogP contribution in [0.4, 0.5) is 8.78 Å². The number of halogens is 3. The van der Waals surface area contributed by atoms with E-state index in [1.54, 1.807) is 6.92 Å². The lowest BCUT2D eigenvalue weighted by Gasteiger charge is -2.23. The largest absolute Gasteiger partial charge is 0.329 e. The molecule has 0 amide bonds. The molecule has 0 fully saturated rings. The minimum atomic E-state index is -4.07. The van der Waals surface area contributed by atoms with Gasteiger partial charge < -0.3 is 5.73 Å². The molecule has 18 heavy (non-hydrogen) atoms. The van der Waals surface area contributed by atoms with Gasteiger partial charge in [-0.25, -0.2) is 17.2 Å². The quantitative estimate of drug-likeness (QED) is 0.913. The smallest absolute Gasteiger partial charge is 0.246 e. The third kappa shape index (κ3) is 3.17. The Balaban J connectivity index is 0.00000289. The zero-order valence-electron chi connectivity index (χ0n) is 9.93. The Morgan fingerprint density at radius 1 is 1.39 bits per heavy atom. The average Bonchev–Trinajstić information content (AvgIpc) is 2.30. The van der Waals surface area contributed by atoms with Crippen molar-refractivity contribution < 1.29 is 17.2 Å². The summed E-state index contributed by atoms with van der Waals surface area (Å²) in [5, 5.41) is 0. The Labute approximate surface area is 111 Å². The maximum absolute atomic E-state index is 13.4. The molecule has 1 rings (SSSR count). The molecule has 0 aromatic heterocycles. The molecule has 1 aromatic carbocycles. The molecule has 0 heterocycles. The fraction of sp³-hybridized carbons (Fsp3) is 0.400. The van der Waals surface area contributed by atoms with Crippen LogP contribution in [0.2, 0.25) is 0 Å². The van der Waals surface area contributed by atoms with Crippen molar-refractivity contribution in [3.8, 4) is 0 Å². The Hall–Kier alpha value is -0.760. The second-order valence-corrected chi connectivity index (χ2v) is 5.62. The van der Waals surface area contributed by atoms with E-state index >= 15 is 0 Å². The second kappa shape index (κ2) is 6.42. The molecule has 1 atom stereocenters. The molecule has 2 N–H and O–H groups in total. The van der Waals surface area contributed by atoms with E-state index in [0.717, 1.165) is 22.5 Å².